The van der Waals surface area contributed by atoms with Crippen molar-refractivity contribution in [1.82, 2.24) is 0 Å². The Bertz CT molecular complexity index is 1010. The predicted molar refractivity (Wildman–Crippen MR) is 123 cm³/mol. The number of unbranched alkanes of at least 4 members (excludes halogenated alkanes) is 3. The van der Waals surface area contributed by atoms with Crippen molar-refractivity contribution in [2.45, 2.75) is 39.2 Å². The smallest absolute Gasteiger partial charge is 0.338 e. The van der Waals surface area contributed by atoms with Gasteiger partial charge in [0, 0.05) is 0 Å². The Kier molecular flexibility index (Phi) is 8.87. The third-order valence-electron chi connectivity index (χ3n) is 4.81. The Hall–Kier alpha value is -3.60. The van der Waals surface area contributed by atoms with Gasteiger partial charge in [-0.05, 0) is 54.4 Å². The van der Waals surface area contributed by atoms with Crippen LogP contribution in [0.15, 0.2) is 78.9 Å². The van der Waals surface area contributed by atoms with E-state index in [9.17, 15) is 9.59 Å². The lowest BCUT2D eigenvalue weighted by Crippen LogP contribution is -2.10. The van der Waals surface area contributed by atoms with Crippen molar-refractivity contribution in [1.29, 1.82) is 0 Å². The van der Waals surface area contributed by atoms with Gasteiger partial charge in [0.05, 0.1) is 17.7 Å². The van der Waals surface area contributed by atoms with Gasteiger partial charge in [-0.1, -0.05) is 62.6 Å². The summed E-state index contributed by atoms with van der Waals surface area (Å²) in [5, 5.41) is 0. The molecule has 0 saturated heterocycles. The van der Waals surface area contributed by atoms with Crippen LogP contribution in [0.4, 0.5) is 0 Å². The summed E-state index contributed by atoms with van der Waals surface area (Å²) in [7, 11) is 0. The molecule has 32 heavy (non-hydrogen) atoms. The molecule has 0 aromatic heterocycles. The Labute approximate surface area is 188 Å². The number of esters is 2. The van der Waals surface area contributed by atoms with E-state index in [1.165, 1.54) is 6.07 Å². The van der Waals surface area contributed by atoms with Gasteiger partial charge in [0.2, 0.25) is 0 Å². The number of hydrogen-bond acceptors (Lipinski definition) is 5. The number of ether oxygens (including phenoxy) is 3. The highest BCUT2D eigenvalue weighted by atomic mass is 16.5. The average molecular weight is 433 g/mol. The number of rotatable bonds is 11. The lowest BCUT2D eigenvalue weighted by molar-refractivity contribution is 0.0472. The molecule has 3 rings (SSSR count). The molecule has 3 aromatic carbocycles. The topological polar surface area (TPSA) is 61.8 Å². The normalized spacial score (nSPS) is 10.4. The summed E-state index contributed by atoms with van der Waals surface area (Å²) >= 11 is 0. The maximum absolute atomic E-state index is 12.5. The van der Waals surface area contributed by atoms with Crippen molar-refractivity contribution < 1.29 is 23.8 Å². The highest BCUT2D eigenvalue weighted by Crippen LogP contribution is 2.22. The highest BCUT2D eigenvalue weighted by Gasteiger charge is 2.13. The van der Waals surface area contributed by atoms with E-state index in [0.29, 0.717) is 23.5 Å². The summed E-state index contributed by atoms with van der Waals surface area (Å²) in [5.41, 5.74) is 1.45. The van der Waals surface area contributed by atoms with Crippen LogP contribution >= 0.6 is 0 Å². The quantitative estimate of drug-likeness (QED) is 0.253. The van der Waals surface area contributed by atoms with Gasteiger partial charge in [-0.3, -0.25) is 0 Å². The summed E-state index contributed by atoms with van der Waals surface area (Å²) in [5.74, 6) is 0.461. The van der Waals surface area contributed by atoms with Crippen molar-refractivity contribution in [3.05, 3.63) is 95.6 Å². The molecular formula is C27H28O5. The number of para-hydroxylation sites is 1. The highest BCUT2D eigenvalue weighted by molar-refractivity contribution is 5.95. The first-order valence-electron chi connectivity index (χ1n) is 10.9. The molecule has 0 aliphatic carbocycles. The zero-order chi connectivity index (χ0) is 22.6. The number of carbonyl (C=O) groups is 2. The van der Waals surface area contributed by atoms with Gasteiger partial charge < -0.3 is 14.2 Å². The minimum Gasteiger partial charge on any atom is -0.462 e. The fraction of sp³-hybridized carbons (Fsp3) is 0.259. The van der Waals surface area contributed by atoms with E-state index in [0.717, 1.165) is 37.0 Å². The Morgan fingerprint density at radius 3 is 2.12 bits per heavy atom. The summed E-state index contributed by atoms with van der Waals surface area (Å²) in [6, 6.07) is 23.2. The van der Waals surface area contributed by atoms with Crippen LogP contribution in [0.1, 0.15) is 58.9 Å². The van der Waals surface area contributed by atoms with Gasteiger partial charge in [-0.25, -0.2) is 9.59 Å². The van der Waals surface area contributed by atoms with E-state index in [1.54, 1.807) is 18.2 Å². The van der Waals surface area contributed by atoms with Gasteiger partial charge >= 0.3 is 11.9 Å². The van der Waals surface area contributed by atoms with Crippen molar-refractivity contribution in [3.63, 3.8) is 0 Å². The maximum Gasteiger partial charge on any atom is 0.338 e. The third-order valence-corrected chi connectivity index (χ3v) is 4.81. The molecule has 0 heterocycles. The summed E-state index contributed by atoms with van der Waals surface area (Å²) in [6.07, 6.45) is 4.13. The zero-order valence-corrected chi connectivity index (χ0v) is 18.3. The van der Waals surface area contributed by atoms with E-state index < -0.39 is 11.9 Å². The number of benzene rings is 3. The van der Waals surface area contributed by atoms with Gasteiger partial charge in [0.15, 0.2) is 0 Å². The minimum atomic E-state index is -0.503. The molecule has 0 saturated carbocycles. The number of carbonyl (C=O) groups excluding carboxylic acids is 2. The molecule has 0 aliphatic heterocycles. The number of hydrogen-bond donors (Lipinski definition) is 0. The third kappa shape index (κ3) is 7.27. The van der Waals surface area contributed by atoms with Gasteiger partial charge in [0.25, 0.3) is 0 Å². The molecule has 0 unspecified atom stereocenters. The molecule has 0 radical (unpaired) electrons. The average Bonchev–Trinajstić information content (AvgIpc) is 2.83. The lowest BCUT2D eigenvalue weighted by Gasteiger charge is -2.09. The summed E-state index contributed by atoms with van der Waals surface area (Å²) in [6.45, 7) is 2.61. The first kappa shape index (κ1) is 23.1. The van der Waals surface area contributed by atoms with Crippen molar-refractivity contribution in [2.75, 3.05) is 6.61 Å². The molecule has 0 bridgehead atoms. The SMILES string of the molecule is CCCCCCOC(=O)c1cccc(C(=O)OCc2cccc(Oc3ccccc3)c2)c1. The van der Waals surface area contributed by atoms with Crippen LogP contribution < -0.4 is 4.74 Å². The molecule has 0 N–H and O–H groups in total. The lowest BCUT2D eigenvalue weighted by atomic mass is 10.1. The summed E-state index contributed by atoms with van der Waals surface area (Å²) < 4.78 is 16.5. The molecule has 5 heteroatoms. The Balaban J connectivity index is 1.53. The second kappa shape index (κ2) is 12.3. The monoisotopic (exact) mass is 432 g/mol. The van der Waals surface area contributed by atoms with Crippen LogP contribution in [0.5, 0.6) is 11.5 Å². The van der Waals surface area contributed by atoms with E-state index >= 15 is 0 Å². The van der Waals surface area contributed by atoms with E-state index in [4.69, 9.17) is 14.2 Å². The van der Waals surface area contributed by atoms with Crippen LogP contribution in [0, 0.1) is 0 Å². The fourth-order valence-corrected chi connectivity index (χ4v) is 3.11. The Morgan fingerprint density at radius 2 is 1.38 bits per heavy atom. The standard InChI is InChI=1S/C27H28O5/c1-2-3-4-8-17-30-26(28)22-12-10-13-23(19-22)27(29)31-20-21-11-9-16-25(18-21)32-24-14-6-5-7-15-24/h5-7,9-16,18-19H,2-4,8,17,20H2,1H3. The van der Waals surface area contributed by atoms with Crippen molar-refractivity contribution in [3.8, 4) is 11.5 Å². The van der Waals surface area contributed by atoms with Gasteiger partial charge in [-0.2, -0.15) is 0 Å². The molecule has 0 aliphatic rings. The molecule has 166 valence electrons. The predicted octanol–water partition coefficient (Wildman–Crippen LogP) is 6.57. The van der Waals surface area contributed by atoms with Gasteiger partial charge in [-0.15, -0.1) is 0 Å². The van der Waals surface area contributed by atoms with E-state index in [1.807, 2.05) is 54.6 Å². The van der Waals surface area contributed by atoms with Crippen LogP contribution in [-0.2, 0) is 16.1 Å². The fourth-order valence-electron chi connectivity index (χ4n) is 3.11. The first-order chi connectivity index (χ1) is 15.7. The largest absolute Gasteiger partial charge is 0.462 e. The van der Waals surface area contributed by atoms with Crippen LogP contribution in [0.25, 0.3) is 0 Å². The second-order valence-corrected chi connectivity index (χ2v) is 7.42. The summed E-state index contributed by atoms with van der Waals surface area (Å²) in [4.78, 5) is 24.7. The maximum atomic E-state index is 12.5. The Morgan fingerprint density at radius 1 is 0.688 bits per heavy atom. The molecular weight excluding hydrogens is 404 g/mol. The van der Waals surface area contributed by atoms with Crippen molar-refractivity contribution in [2.24, 2.45) is 0 Å². The van der Waals surface area contributed by atoms with Crippen LogP contribution in [0.2, 0.25) is 0 Å². The first-order valence-corrected chi connectivity index (χ1v) is 10.9. The van der Waals surface area contributed by atoms with E-state index in [2.05, 4.69) is 6.92 Å². The van der Waals surface area contributed by atoms with E-state index in [-0.39, 0.29) is 6.61 Å². The van der Waals surface area contributed by atoms with Crippen LogP contribution in [-0.4, -0.2) is 18.5 Å². The minimum absolute atomic E-state index is 0.0942. The second-order valence-electron chi connectivity index (χ2n) is 7.42. The van der Waals surface area contributed by atoms with Gasteiger partial charge in [0.1, 0.15) is 18.1 Å². The molecule has 3 aromatic rings. The molecule has 0 amide bonds. The molecule has 0 fully saturated rings. The molecule has 0 spiro atoms. The molecule has 5 nitrogen and oxygen atoms in total. The van der Waals surface area contributed by atoms with Crippen molar-refractivity contribution >= 4 is 11.9 Å². The zero-order valence-electron chi connectivity index (χ0n) is 18.3. The molecule has 0 atom stereocenters. The van der Waals surface area contributed by atoms with Crippen LogP contribution in [0.3, 0.4) is 0 Å².